The van der Waals surface area contributed by atoms with Gasteiger partial charge in [0.15, 0.2) is 11.6 Å². The smallest absolute Gasteiger partial charge is 0.196 e. The lowest BCUT2D eigenvalue weighted by Gasteiger charge is -2.12. The Bertz CT molecular complexity index is 1140. The number of hydrogen-bond acceptors (Lipinski definition) is 4. The minimum atomic E-state index is -0.0940. The van der Waals surface area contributed by atoms with E-state index in [4.69, 9.17) is 0 Å². The van der Waals surface area contributed by atoms with E-state index in [9.17, 15) is 4.79 Å². The number of ketones is 1. The molecule has 0 amide bonds. The molecule has 0 spiro atoms. The van der Waals surface area contributed by atoms with Crippen molar-refractivity contribution >= 4 is 17.3 Å². The first-order valence-electron chi connectivity index (χ1n) is 9.48. The molecule has 0 fully saturated rings. The molecule has 4 rings (SSSR count). The monoisotopic (exact) mass is 379 g/mol. The van der Waals surface area contributed by atoms with Gasteiger partial charge in [-0.25, -0.2) is 0 Å². The van der Waals surface area contributed by atoms with Gasteiger partial charge in [-0.2, -0.15) is 0 Å². The van der Waals surface area contributed by atoms with E-state index in [1.807, 2.05) is 98.8 Å². The van der Waals surface area contributed by atoms with Gasteiger partial charge in [0.05, 0.1) is 11.3 Å². The van der Waals surface area contributed by atoms with Crippen LogP contribution < -0.4 is 5.32 Å². The molecule has 0 saturated carbocycles. The average molecular weight is 379 g/mol. The first-order chi connectivity index (χ1) is 14.1. The first-order valence-corrected chi connectivity index (χ1v) is 9.48. The van der Waals surface area contributed by atoms with Crippen LogP contribution in [0, 0.1) is 13.8 Å². The summed E-state index contributed by atoms with van der Waals surface area (Å²) in [6.45, 7) is 4.07. The van der Waals surface area contributed by atoms with E-state index >= 15 is 0 Å². The molecular formula is C25H21N3O. The van der Waals surface area contributed by atoms with E-state index < -0.39 is 0 Å². The second-order valence-electron chi connectivity index (χ2n) is 7.04. The third-order valence-corrected chi connectivity index (χ3v) is 4.74. The molecule has 0 aliphatic heterocycles. The van der Waals surface area contributed by atoms with E-state index in [0.717, 1.165) is 16.8 Å². The molecule has 4 heteroatoms. The predicted octanol–water partition coefficient (Wildman–Crippen LogP) is 5.74. The minimum absolute atomic E-state index is 0.0940. The number of anilines is 2. The fraction of sp³-hybridized carbons (Fsp3) is 0.0800. The molecule has 0 saturated heterocycles. The Morgan fingerprint density at radius 1 is 0.759 bits per heavy atom. The summed E-state index contributed by atoms with van der Waals surface area (Å²) in [4.78, 5) is 13.2. The summed E-state index contributed by atoms with van der Waals surface area (Å²) < 4.78 is 0. The standard InChI is InChI=1S/C25H21N3O/c1-17-8-12-19(13-9-17)23-16-22(24(29)20-6-4-3-5-7-20)25(28-27-23)26-21-14-10-18(2)11-15-21/h3-16H,1-2H3,(H,26,28). The van der Waals surface area contributed by atoms with E-state index in [1.165, 1.54) is 5.56 Å². The SMILES string of the molecule is Cc1ccc(Nc2nnc(-c3ccc(C)cc3)cc2C(=O)c2ccccc2)cc1. The summed E-state index contributed by atoms with van der Waals surface area (Å²) in [5, 5.41) is 12.0. The molecule has 1 N–H and O–H groups in total. The molecule has 29 heavy (non-hydrogen) atoms. The molecule has 0 radical (unpaired) electrons. The Labute approximate surface area is 170 Å². The molecule has 4 aromatic rings. The normalized spacial score (nSPS) is 10.6. The maximum Gasteiger partial charge on any atom is 0.196 e. The summed E-state index contributed by atoms with van der Waals surface area (Å²) in [7, 11) is 0. The highest BCUT2D eigenvalue weighted by Crippen LogP contribution is 2.26. The van der Waals surface area contributed by atoms with Crippen LogP contribution in [0.2, 0.25) is 0 Å². The minimum Gasteiger partial charge on any atom is -0.338 e. The molecule has 0 aliphatic rings. The third-order valence-electron chi connectivity index (χ3n) is 4.74. The van der Waals surface area contributed by atoms with Crippen LogP contribution in [0.3, 0.4) is 0 Å². The number of carbonyl (C=O) groups excluding carboxylic acids is 1. The summed E-state index contributed by atoms with van der Waals surface area (Å²) in [6, 6.07) is 27.0. The Balaban J connectivity index is 1.78. The van der Waals surface area contributed by atoms with Gasteiger partial charge >= 0.3 is 0 Å². The zero-order chi connectivity index (χ0) is 20.2. The maximum atomic E-state index is 13.2. The lowest BCUT2D eigenvalue weighted by molar-refractivity contribution is 0.103. The van der Waals surface area contributed by atoms with Crippen molar-refractivity contribution in [2.75, 3.05) is 5.32 Å². The number of nitrogens with one attached hydrogen (secondary N) is 1. The molecular weight excluding hydrogens is 358 g/mol. The van der Waals surface area contributed by atoms with Crippen LogP contribution in [0.5, 0.6) is 0 Å². The van der Waals surface area contributed by atoms with Crippen molar-refractivity contribution < 1.29 is 4.79 Å². The van der Waals surface area contributed by atoms with E-state index in [1.54, 1.807) is 0 Å². The first kappa shape index (κ1) is 18.6. The molecule has 0 unspecified atom stereocenters. The molecule has 1 aromatic heterocycles. The van der Waals surface area contributed by atoms with Gasteiger partial charge in [-0.15, -0.1) is 10.2 Å². The quantitative estimate of drug-likeness (QED) is 0.450. The molecule has 0 bridgehead atoms. The van der Waals surface area contributed by atoms with Gasteiger partial charge in [0, 0.05) is 16.8 Å². The maximum absolute atomic E-state index is 13.2. The molecule has 4 nitrogen and oxygen atoms in total. The molecule has 142 valence electrons. The van der Waals surface area contributed by atoms with Crippen LogP contribution in [-0.4, -0.2) is 16.0 Å². The predicted molar refractivity (Wildman–Crippen MR) is 117 cm³/mol. The van der Waals surface area contributed by atoms with Gasteiger partial charge in [0.1, 0.15) is 0 Å². The van der Waals surface area contributed by atoms with Crippen molar-refractivity contribution in [1.29, 1.82) is 0 Å². The Kier molecular flexibility index (Phi) is 5.16. The van der Waals surface area contributed by atoms with E-state index in [-0.39, 0.29) is 5.78 Å². The van der Waals surface area contributed by atoms with Gasteiger partial charge in [-0.05, 0) is 32.0 Å². The zero-order valence-corrected chi connectivity index (χ0v) is 16.4. The lowest BCUT2D eigenvalue weighted by Crippen LogP contribution is -2.09. The van der Waals surface area contributed by atoms with E-state index in [0.29, 0.717) is 22.6 Å². The molecule has 0 aliphatic carbocycles. The molecule has 3 aromatic carbocycles. The Morgan fingerprint density at radius 3 is 2.03 bits per heavy atom. The highest BCUT2D eigenvalue weighted by atomic mass is 16.1. The summed E-state index contributed by atoms with van der Waals surface area (Å²) in [5.74, 6) is 0.349. The van der Waals surface area contributed by atoms with Gasteiger partial charge in [-0.3, -0.25) is 4.79 Å². The Morgan fingerprint density at radius 2 is 1.38 bits per heavy atom. The number of aryl methyl sites for hydroxylation is 2. The second-order valence-corrected chi connectivity index (χ2v) is 7.04. The van der Waals surface area contributed by atoms with Gasteiger partial charge < -0.3 is 5.32 Å². The van der Waals surface area contributed by atoms with Gasteiger partial charge in [0.2, 0.25) is 0 Å². The van der Waals surface area contributed by atoms with Crippen molar-refractivity contribution in [3.63, 3.8) is 0 Å². The zero-order valence-electron chi connectivity index (χ0n) is 16.4. The van der Waals surface area contributed by atoms with E-state index in [2.05, 4.69) is 15.5 Å². The van der Waals surface area contributed by atoms with Crippen LogP contribution in [0.25, 0.3) is 11.3 Å². The van der Waals surface area contributed by atoms with Crippen molar-refractivity contribution in [1.82, 2.24) is 10.2 Å². The highest BCUT2D eigenvalue weighted by Gasteiger charge is 2.17. The van der Waals surface area contributed by atoms with Crippen LogP contribution in [0.4, 0.5) is 11.5 Å². The largest absolute Gasteiger partial charge is 0.338 e. The van der Waals surface area contributed by atoms with Crippen LogP contribution in [-0.2, 0) is 0 Å². The van der Waals surface area contributed by atoms with Crippen molar-refractivity contribution in [3.05, 3.63) is 107 Å². The van der Waals surface area contributed by atoms with Crippen molar-refractivity contribution in [3.8, 4) is 11.3 Å². The van der Waals surface area contributed by atoms with Crippen molar-refractivity contribution in [2.24, 2.45) is 0 Å². The summed E-state index contributed by atoms with van der Waals surface area (Å²) in [5.41, 5.74) is 5.88. The van der Waals surface area contributed by atoms with Gasteiger partial charge in [-0.1, -0.05) is 77.9 Å². The third kappa shape index (κ3) is 4.22. The molecule has 0 atom stereocenters. The highest BCUT2D eigenvalue weighted by molar-refractivity contribution is 6.12. The fourth-order valence-corrected chi connectivity index (χ4v) is 3.04. The number of aromatic nitrogens is 2. The molecule has 1 heterocycles. The van der Waals surface area contributed by atoms with Crippen LogP contribution >= 0.6 is 0 Å². The Hall–Kier alpha value is -3.79. The fourth-order valence-electron chi connectivity index (χ4n) is 3.04. The van der Waals surface area contributed by atoms with Gasteiger partial charge in [0.25, 0.3) is 0 Å². The number of hydrogen-bond donors (Lipinski definition) is 1. The number of carbonyl (C=O) groups is 1. The number of nitrogens with zero attached hydrogens (tertiary/aromatic N) is 2. The summed E-state index contributed by atoms with van der Waals surface area (Å²) in [6.07, 6.45) is 0. The topological polar surface area (TPSA) is 54.9 Å². The number of benzene rings is 3. The van der Waals surface area contributed by atoms with Crippen LogP contribution in [0.15, 0.2) is 84.9 Å². The van der Waals surface area contributed by atoms with Crippen molar-refractivity contribution in [2.45, 2.75) is 13.8 Å². The summed E-state index contributed by atoms with van der Waals surface area (Å²) >= 11 is 0. The van der Waals surface area contributed by atoms with Crippen LogP contribution in [0.1, 0.15) is 27.0 Å². The number of rotatable bonds is 5. The lowest BCUT2D eigenvalue weighted by atomic mass is 10.0. The average Bonchev–Trinajstić information content (AvgIpc) is 2.76. The second kappa shape index (κ2) is 8.07.